The first-order valence-electron chi connectivity index (χ1n) is 8.12. The van der Waals surface area contributed by atoms with Crippen molar-refractivity contribution >= 4 is 15.7 Å². The fraction of sp³-hybridized carbons (Fsp3) is 0.316. The minimum absolute atomic E-state index is 0.0243. The number of amides is 1. The zero-order valence-electron chi connectivity index (χ0n) is 15.4. The van der Waals surface area contributed by atoms with Gasteiger partial charge in [0.2, 0.25) is 0 Å². The van der Waals surface area contributed by atoms with E-state index in [-0.39, 0.29) is 16.5 Å². The Bertz CT molecular complexity index is 879. The average molecular weight is 376 g/mol. The van der Waals surface area contributed by atoms with Crippen molar-refractivity contribution in [2.24, 2.45) is 0 Å². The number of benzene rings is 2. The number of ether oxygens (including phenoxy) is 1. The molecule has 7 heteroatoms. The van der Waals surface area contributed by atoms with E-state index in [0.29, 0.717) is 6.54 Å². The number of sulfone groups is 1. The van der Waals surface area contributed by atoms with E-state index < -0.39 is 15.7 Å². The monoisotopic (exact) mass is 376 g/mol. The fourth-order valence-corrected chi connectivity index (χ4v) is 3.66. The highest BCUT2D eigenvalue weighted by molar-refractivity contribution is 7.90. The molecule has 1 atom stereocenters. The van der Waals surface area contributed by atoms with Crippen LogP contribution in [0.2, 0.25) is 0 Å². The molecule has 0 heterocycles. The smallest absolute Gasteiger partial charge is 0.252 e. The molecular formula is C19H24N2O4S. The third kappa shape index (κ3) is 4.62. The third-order valence-corrected chi connectivity index (χ3v) is 5.26. The number of methoxy groups -OCH3 is 1. The SMILES string of the molecule is COc1ccccc1C(CNC(=O)c1ccccc1S(C)(=O)=O)N(C)C. The third-order valence-electron chi connectivity index (χ3n) is 4.11. The molecule has 0 saturated carbocycles. The first-order chi connectivity index (χ1) is 12.3. The maximum Gasteiger partial charge on any atom is 0.252 e. The summed E-state index contributed by atoms with van der Waals surface area (Å²) < 4.78 is 29.2. The van der Waals surface area contributed by atoms with Gasteiger partial charge in [0.15, 0.2) is 9.84 Å². The fourth-order valence-electron chi connectivity index (χ4n) is 2.77. The molecule has 0 aromatic heterocycles. The Balaban J connectivity index is 2.25. The lowest BCUT2D eigenvalue weighted by Crippen LogP contribution is -2.35. The molecule has 2 aromatic carbocycles. The second kappa shape index (κ2) is 8.33. The molecule has 0 bridgehead atoms. The number of nitrogens with one attached hydrogen (secondary N) is 1. The Kier molecular flexibility index (Phi) is 6.39. The van der Waals surface area contributed by atoms with Crippen LogP contribution in [0.1, 0.15) is 22.0 Å². The van der Waals surface area contributed by atoms with E-state index in [1.807, 2.05) is 43.3 Å². The predicted octanol–water partition coefficient (Wildman–Crippen LogP) is 2.13. The second-order valence-corrected chi connectivity index (χ2v) is 8.18. The molecule has 0 fully saturated rings. The molecule has 0 spiro atoms. The number of para-hydroxylation sites is 1. The van der Waals surface area contributed by atoms with Crippen LogP contribution in [0.5, 0.6) is 5.75 Å². The number of rotatable bonds is 7. The lowest BCUT2D eigenvalue weighted by Gasteiger charge is -2.26. The molecule has 0 radical (unpaired) electrons. The second-order valence-electron chi connectivity index (χ2n) is 6.20. The zero-order valence-corrected chi connectivity index (χ0v) is 16.2. The zero-order chi connectivity index (χ0) is 19.3. The van der Waals surface area contributed by atoms with Crippen LogP contribution in [-0.2, 0) is 9.84 Å². The number of nitrogens with zero attached hydrogens (tertiary/aromatic N) is 1. The van der Waals surface area contributed by atoms with Crippen LogP contribution in [-0.4, -0.2) is 53.2 Å². The number of carbonyl (C=O) groups is 1. The van der Waals surface area contributed by atoms with Gasteiger partial charge in [0.1, 0.15) is 5.75 Å². The first kappa shape index (κ1) is 19.9. The van der Waals surface area contributed by atoms with E-state index in [1.54, 1.807) is 19.2 Å². The summed E-state index contributed by atoms with van der Waals surface area (Å²) in [5.41, 5.74) is 1.09. The molecule has 140 valence electrons. The van der Waals surface area contributed by atoms with Crippen LogP contribution in [0.3, 0.4) is 0 Å². The van der Waals surface area contributed by atoms with Gasteiger partial charge in [0.25, 0.3) is 5.91 Å². The van der Waals surface area contributed by atoms with Gasteiger partial charge < -0.3 is 15.0 Å². The Labute approximate surface area is 154 Å². The summed E-state index contributed by atoms with van der Waals surface area (Å²) in [6.45, 7) is 0.310. The van der Waals surface area contributed by atoms with Crippen molar-refractivity contribution in [3.63, 3.8) is 0 Å². The van der Waals surface area contributed by atoms with Crippen molar-refractivity contribution in [1.82, 2.24) is 10.2 Å². The number of carbonyl (C=O) groups excluding carboxylic acids is 1. The van der Waals surface area contributed by atoms with Gasteiger partial charge in [-0.3, -0.25) is 4.79 Å². The Morgan fingerprint density at radius 2 is 1.73 bits per heavy atom. The molecule has 1 unspecified atom stereocenters. The van der Waals surface area contributed by atoms with Crippen LogP contribution in [0.15, 0.2) is 53.4 Å². The van der Waals surface area contributed by atoms with Gasteiger partial charge in [0.05, 0.1) is 23.6 Å². The molecule has 0 saturated heterocycles. The van der Waals surface area contributed by atoms with Gasteiger partial charge in [-0.25, -0.2) is 8.42 Å². The quantitative estimate of drug-likeness (QED) is 0.801. The molecule has 1 N–H and O–H groups in total. The van der Waals surface area contributed by atoms with Crippen molar-refractivity contribution in [3.8, 4) is 5.75 Å². The number of hydrogen-bond donors (Lipinski definition) is 1. The molecule has 2 rings (SSSR count). The maximum absolute atomic E-state index is 12.6. The van der Waals surface area contributed by atoms with E-state index in [4.69, 9.17) is 4.74 Å². The summed E-state index contributed by atoms with van der Waals surface area (Å²) in [6.07, 6.45) is 1.09. The first-order valence-corrected chi connectivity index (χ1v) is 10.0. The van der Waals surface area contributed by atoms with Crippen LogP contribution in [0, 0.1) is 0 Å². The summed E-state index contributed by atoms with van der Waals surface area (Å²) in [6, 6.07) is 13.7. The van der Waals surface area contributed by atoms with Crippen molar-refractivity contribution < 1.29 is 17.9 Å². The van der Waals surface area contributed by atoms with Gasteiger partial charge in [0, 0.05) is 18.4 Å². The van der Waals surface area contributed by atoms with E-state index >= 15 is 0 Å². The van der Waals surface area contributed by atoms with Crippen LogP contribution < -0.4 is 10.1 Å². The number of likely N-dealkylation sites (N-methyl/N-ethyl adjacent to an activating group) is 1. The lowest BCUT2D eigenvalue weighted by molar-refractivity contribution is 0.0938. The van der Waals surface area contributed by atoms with Crippen molar-refractivity contribution in [3.05, 3.63) is 59.7 Å². The highest BCUT2D eigenvalue weighted by Crippen LogP contribution is 2.27. The molecule has 26 heavy (non-hydrogen) atoms. The molecule has 0 aliphatic heterocycles. The molecule has 6 nitrogen and oxygen atoms in total. The summed E-state index contributed by atoms with van der Waals surface area (Å²) in [5, 5.41) is 2.84. The Hall–Kier alpha value is -2.38. The van der Waals surface area contributed by atoms with Crippen molar-refractivity contribution in [2.75, 3.05) is 34.0 Å². The minimum atomic E-state index is -3.49. The Morgan fingerprint density at radius 1 is 1.12 bits per heavy atom. The molecule has 1 amide bonds. The standard InChI is InChI=1S/C19H24N2O4S/c1-21(2)16(14-9-5-7-11-17(14)25-3)13-20-19(22)15-10-6-8-12-18(15)26(4,23)24/h5-12,16H,13H2,1-4H3,(H,20,22). The van der Waals surface area contributed by atoms with Crippen LogP contribution in [0.25, 0.3) is 0 Å². The summed E-state index contributed by atoms with van der Waals surface area (Å²) in [7, 11) is 1.94. The van der Waals surface area contributed by atoms with Crippen molar-refractivity contribution in [2.45, 2.75) is 10.9 Å². The molecule has 0 aliphatic carbocycles. The number of hydrogen-bond acceptors (Lipinski definition) is 5. The summed E-state index contributed by atoms with van der Waals surface area (Å²) in [5.74, 6) is 0.310. The highest BCUT2D eigenvalue weighted by atomic mass is 32.2. The van der Waals surface area contributed by atoms with Gasteiger partial charge in [-0.15, -0.1) is 0 Å². The van der Waals surface area contributed by atoms with Gasteiger partial charge in [-0.1, -0.05) is 30.3 Å². The van der Waals surface area contributed by atoms with Gasteiger partial charge in [-0.05, 0) is 32.3 Å². The largest absolute Gasteiger partial charge is 0.496 e. The lowest BCUT2D eigenvalue weighted by atomic mass is 10.0. The average Bonchev–Trinajstić information content (AvgIpc) is 2.61. The van der Waals surface area contributed by atoms with Gasteiger partial charge >= 0.3 is 0 Å². The van der Waals surface area contributed by atoms with Crippen molar-refractivity contribution in [1.29, 1.82) is 0 Å². The highest BCUT2D eigenvalue weighted by Gasteiger charge is 2.22. The predicted molar refractivity (Wildman–Crippen MR) is 101 cm³/mol. The maximum atomic E-state index is 12.6. The summed E-state index contributed by atoms with van der Waals surface area (Å²) in [4.78, 5) is 14.6. The molecular weight excluding hydrogens is 352 g/mol. The van der Waals surface area contributed by atoms with Crippen LogP contribution >= 0.6 is 0 Å². The van der Waals surface area contributed by atoms with E-state index in [1.165, 1.54) is 12.1 Å². The Morgan fingerprint density at radius 3 is 2.35 bits per heavy atom. The molecule has 2 aromatic rings. The van der Waals surface area contributed by atoms with E-state index in [9.17, 15) is 13.2 Å². The van der Waals surface area contributed by atoms with E-state index in [2.05, 4.69) is 5.32 Å². The minimum Gasteiger partial charge on any atom is -0.496 e. The topological polar surface area (TPSA) is 75.7 Å². The summed E-state index contributed by atoms with van der Waals surface area (Å²) >= 11 is 0. The van der Waals surface area contributed by atoms with Gasteiger partial charge in [-0.2, -0.15) is 0 Å². The van der Waals surface area contributed by atoms with Crippen LogP contribution in [0.4, 0.5) is 0 Å². The van der Waals surface area contributed by atoms with E-state index in [0.717, 1.165) is 17.6 Å². The normalized spacial score (nSPS) is 12.7. The molecule has 0 aliphatic rings.